The van der Waals surface area contributed by atoms with E-state index < -0.39 is 6.10 Å². The van der Waals surface area contributed by atoms with E-state index in [4.69, 9.17) is 14.2 Å². The fourth-order valence-corrected chi connectivity index (χ4v) is 8.52. The summed E-state index contributed by atoms with van der Waals surface area (Å²) in [6.45, 7) is 6.62. The predicted octanol–water partition coefficient (Wildman–Crippen LogP) is 19.8. The first kappa shape index (κ1) is 65.4. The molecule has 396 valence electrons. The van der Waals surface area contributed by atoms with E-state index in [1.54, 1.807) is 0 Å². The topological polar surface area (TPSA) is 78.9 Å². The third-order valence-corrected chi connectivity index (χ3v) is 13.0. The van der Waals surface area contributed by atoms with E-state index in [1.165, 1.54) is 199 Å². The molecule has 0 rings (SSSR count). The molecule has 0 bridgehead atoms. The van der Waals surface area contributed by atoms with Crippen LogP contribution < -0.4 is 0 Å². The van der Waals surface area contributed by atoms with Crippen molar-refractivity contribution in [2.45, 2.75) is 316 Å². The Morgan fingerprint density at radius 3 is 0.853 bits per heavy atom. The van der Waals surface area contributed by atoms with Gasteiger partial charge < -0.3 is 14.2 Å². The van der Waals surface area contributed by atoms with Gasteiger partial charge in [-0.1, -0.05) is 236 Å². The number of rotatable bonds is 54. The fraction of sp³-hybridized carbons (Fsp3) is 0.823. The third-order valence-electron chi connectivity index (χ3n) is 13.0. The van der Waals surface area contributed by atoms with Crippen LogP contribution in [0.1, 0.15) is 310 Å². The lowest BCUT2D eigenvalue weighted by Gasteiger charge is -2.18. The Balaban J connectivity index is 4.36. The Morgan fingerprint density at radius 1 is 0.294 bits per heavy atom. The van der Waals surface area contributed by atoms with Crippen molar-refractivity contribution < 1.29 is 28.6 Å². The van der Waals surface area contributed by atoms with E-state index in [9.17, 15) is 14.4 Å². The fourth-order valence-electron chi connectivity index (χ4n) is 8.52. The summed E-state index contributed by atoms with van der Waals surface area (Å²) in [6.07, 6.45) is 69.5. The SMILES string of the molecule is CCCCC/C=C\C/C=C\CCCCCCCCCCCC(=O)OCC(COC(=O)CCCCCCC/C=C\CCCCCCC)OC(=O)CCCCCCCCC/C=C\CCCCCCCC. The van der Waals surface area contributed by atoms with Gasteiger partial charge in [0.15, 0.2) is 6.10 Å². The van der Waals surface area contributed by atoms with Crippen LogP contribution in [0.2, 0.25) is 0 Å². The second-order valence-electron chi connectivity index (χ2n) is 19.9. The van der Waals surface area contributed by atoms with E-state index in [0.29, 0.717) is 19.3 Å². The van der Waals surface area contributed by atoms with Crippen LogP contribution in [0.5, 0.6) is 0 Å². The number of carbonyl (C=O) groups excluding carboxylic acids is 3. The highest BCUT2D eigenvalue weighted by molar-refractivity contribution is 5.71. The highest BCUT2D eigenvalue weighted by Gasteiger charge is 2.19. The molecule has 0 fully saturated rings. The van der Waals surface area contributed by atoms with Crippen molar-refractivity contribution >= 4 is 17.9 Å². The molecule has 0 aromatic carbocycles. The Labute approximate surface area is 422 Å². The average Bonchev–Trinajstić information content (AvgIpc) is 3.34. The second kappa shape index (κ2) is 57.0. The number of hydrogen-bond donors (Lipinski definition) is 0. The number of allylic oxidation sites excluding steroid dienone is 8. The van der Waals surface area contributed by atoms with Crippen molar-refractivity contribution in [2.24, 2.45) is 0 Å². The van der Waals surface area contributed by atoms with Crippen molar-refractivity contribution in [3.8, 4) is 0 Å². The smallest absolute Gasteiger partial charge is 0.306 e. The van der Waals surface area contributed by atoms with E-state index in [-0.39, 0.29) is 31.1 Å². The summed E-state index contributed by atoms with van der Waals surface area (Å²) < 4.78 is 16.9. The minimum Gasteiger partial charge on any atom is -0.462 e. The average molecular weight is 954 g/mol. The monoisotopic (exact) mass is 953 g/mol. The van der Waals surface area contributed by atoms with Gasteiger partial charge in [0, 0.05) is 19.3 Å². The Hall–Kier alpha value is -2.63. The quantitative estimate of drug-likeness (QED) is 0.0262. The van der Waals surface area contributed by atoms with Gasteiger partial charge in [-0.05, 0) is 103 Å². The maximum Gasteiger partial charge on any atom is 0.306 e. The van der Waals surface area contributed by atoms with Gasteiger partial charge in [-0.25, -0.2) is 0 Å². The zero-order valence-corrected chi connectivity index (χ0v) is 45.4. The largest absolute Gasteiger partial charge is 0.462 e. The predicted molar refractivity (Wildman–Crippen MR) is 293 cm³/mol. The van der Waals surface area contributed by atoms with Gasteiger partial charge in [-0.3, -0.25) is 14.4 Å². The molecule has 1 unspecified atom stereocenters. The molecule has 0 spiro atoms. The molecule has 1 atom stereocenters. The van der Waals surface area contributed by atoms with Crippen LogP contribution in [0.15, 0.2) is 48.6 Å². The van der Waals surface area contributed by atoms with Crippen molar-refractivity contribution in [3.05, 3.63) is 48.6 Å². The number of hydrogen-bond acceptors (Lipinski definition) is 6. The molecule has 0 aromatic heterocycles. The number of esters is 3. The molecule has 0 N–H and O–H groups in total. The van der Waals surface area contributed by atoms with Gasteiger partial charge in [0.25, 0.3) is 0 Å². The zero-order chi connectivity index (χ0) is 49.3. The summed E-state index contributed by atoms with van der Waals surface area (Å²) in [7, 11) is 0. The highest BCUT2D eigenvalue weighted by atomic mass is 16.6. The summed E-state index contributed by atoms with van der Waals surface area (Å²) in [5, 5.41) is 0. The van der Waals surface area contributed by atoms with Gasteiger partial charge in [0.1, 0.15) is 13.2 Å². The molecule has 0 heterocycles. The number of unbranched alkanes of at least 4 members (excludes halogenated alkanes) is 35. The molecule has 0 aromatic rings. The maximum absolute atomic E-state index is 12.9. The molecule has 68 heavy (non-hydrogen) atoms. The molecule has 0 saturated heterocycles. The molecule has 0 saturated carbocycles. The van der Waals surface area contributed by atoms with E-state index in [0.717, 1.165) is 70.6 Å². The lowest BCUT2D eigenvalue weighted by atomic mass is 10.1. The lowest BCUT2D eigenvalue weighted by molar-refractivity contribution is -0.167. The van der Waals surface area contributed by atoms with Gasteiger partial charge in [-0.15, -0.1) is 0 Å². The Kier molecular flexibility index (Phi) is 54.8. The first-order valence-corrected chi connectivity index (χ1v) is 29.6. The minimum absolute atomic E-state index is 0.0780. The standard InChI is InChI=1S/C62H112O6/c1-4-7-10-13-16-19-22-25-28-30-31-33-34-37-40-43-46-49-52-55-61(64)67-58-59(57-66-60(63)54-51-48-45-42-39-36-27-24-21-18-15-12-9-6-3)68-62(65)56-53-50-47-44-41-38-35-32-29-26-23-20-17-14-11-8-5-2/h16,19,24-29,59H,4-15,17-18,20-23,30-58H2,1-3H3/b19-16-,27-24-,28-25-,29-26-. The van der Waals surface area contributed by atoms with Crippen molar-refractivity contribution in [2.75, 3.05) is 13.2 Å². The summed E-state index contributed by atoms with van der Waals surface area (Å²) in [5.74, 6) is -0.881. The molecule has 0 aliphatic carbocycles. The Morgan fingerprint density at radius 2 is 0.529 bits per heavy atom. The van der Waals surface area contributed by atoms with Crippen LogP contribution in [0.25, 0.3) is 0 Å². The normalized spacial score (nSPS) is 12.3. The summed E-state index contributed by atoms with van der Waals surface area (Å²) >= 11 is 0. The number of carbonyl (C=O) groups is 3. The van der Waals surface area contributed by atoms with Crippen molar-refractivity contribution in [1.82, 2.24) is 0 Å². The van der Waals surface area contributed by atoms with Crippen LogP contribution in [-0.2, 0) is 28.6 Å². The minimum atomic E-state index is -0.780. The summed E-state index contributed by atoms with van der Waals surface area (Å²) in [6, 6.07) is 0. The van der Waals surface area contributed by atoms with E-state index in [2.05, 4.69) is 69.4 Å². The second-order valence-corrected chi connectivity index (χ2v) is 19.9. The van der Waals surface area contributed by atoms with Crippen LogP contribution in [-0.4, -0.2) is 37.2 Å². The van der Waals surface area contributed by atoms with Gasteiger partial charge >= 0.3 is 17.9 Å². The maximum atomic E-state index is 12.9. The zero-order valence-electron chi connectivity index (χ0n) is 45.4. The summed E-state index contributed by atoms with van der Waals surface area (Å²) in [5.41, 5.74) is 0. The van der Waals surface area contributed by atoms with Gasteiger partial charge in [-0.2, -0.15) is 0 Å². The lowest BCUT2D eigenvalue weighted by Crippen LogP contribution is -2.30. The molecular weight excluding hydrogens is 841 g/mol. The van der Waals surface area contributed by atoms with Crippen LogP contribution in [0.3, 0.4) is 0 Å². The highest BCUT2D eigenvalue weighted by Crippen LogP contribution is 2.16. The van der Waals surface area contributed by atoms with Crippen molar-refractivity contribution in [1.29, 1.82) is 0 Å². The third kappa shape index (κ3) is 54.3. The first-order chi connectivity index (χ1) is 33.5. The first-order valence-electron chi connectivity index (χ1n) is 29.6. The van der Waals surface area contributed by atoms with Gasteiger partial charge in [0.05, 0.1) is 0 Å². The molecule has 0 radical (unpaired) electrons. The van der Waals surface area contributed by atoms with Gasteiger partial charge in [0.2, 0.25) is 0 Å². The number of ether oxygens (including phenoxy) is 3. The molecule has 0 amide bonds. The molecule has 6 heteroatoms. The van der Waals surface area contributed by atoms with Crippen LogP contribution >= 0.6 is 0 Å². The molecule has 0 aliphatic rings. The molecule has 6 nitrogen and oxygen atoms in total. The molecular formula is C62H112O6. The van der Waals surface area contributed by atoms with E-state index in [1.807, 2.05) is 0 Å². The summed E-state index contributed by atoms with van der Waals surface area (Å²) in [4.78, 5) is 38.2. The van der Waals surface area contributed by atoms with Crippen LogP contribution in [0.4, 0.5) is 0 Å². The Bertz CT molecular complexity index is 1190. The van der Waals surface area contributed by atoms with Crippen molar-refractivity contribution in [3.63, 3.8) is 0 Å². The van der Waals surface area contributed by atoms with Crippen LogP contribution in [0, 0.1) is 0 Å². The van der Waals surface area contributed by atoms with E-state index >= 15 is 0 Å². The molecule has 0 aliphatic heterocycles.